The van der Waals surface area contributed by atoms with Crippen LogP contribution in [0.25, 0.3) is 0 Å². The molecule has 1 amide bonds. The fourth-order valence-electron chi connectivity index (χ4n) is 3.16. The second-order valence-corrected chi connectivity index (χ2v) is 6.74. The first kappa shape index (κ1) is 19.1. The number of carbonyl (C=O) groups excluding carboxylic acids is 1. The van der Waals surface area contributed by atoms with E-state index in [1.54, 1.807) is 18.0 Å². The van der Waals surface area contributed by atoms with E-state index in [1.807, 2.05) is 77.4 Å². The fourth-order valence-corrected chi connectivity index (χ4v) is 3.34. The largest absolute Gasteiger partial charge is 1.00 e. The first-order valence-corrected chi connectivity index (χ1v) is 8.66. The molecule has 1 unspecified atom stereocenters. The molecule has 0 N–H and O–H groups in total. The van der Waals surface area contributed by atoms with Crippen molar-refractivity contribution in [3.8, 4) is 0 Å². The van der Waals surface area contributed by atoms with E-state index in [0.29, 0.717) is 5.02 Å². The zero-order valence-electron chi connectivity index (χ0n) is 14.9. The van der Waals surface area contributed by atoms with Crippen LogP contribution >= 0.6 is 11.6 Å². The quantitative estimate of drug-likeness (QED) is 0.557. The molecule has 0 bridgehead atoms. The van der Waals surface area contributed by atoms with Gasteiger partial charge in [-0.2, -0.15) is 0 Å². The Morgan fingerprint density at radius 2 is 1.89 bits per heavy atom. The third-order valence-electron chi connectivity index (χ3n) is 4.50. The summed E-state index contributed by atoms with van der Waals surface area (Å²) in [7, 11) is 3.69. The molecule has 138 valence electrons. The predicted octanol–water partition coefficient (Wildman–Crippen LogP) is -0.0174. The van der Waals surface area contributed by atoms with E-state index in [-0.39, 0.29) is 18.3 Å². The summed E-state index contributed by atoms with van der Waals surface area (Å²) in [4.78, 5) is 19.6. The number of aryl methyl sites for hydroxylation is 1. The zero-order valence-corrected chi connectivity index (χ0v) is 16.4. The van der Waals surface area contributed by atoms with Gasteiger partial charge in [0.2, 0.25) is 6.33 Å². The van der Waals surface area contributed by atoms with Crippen LogP contribution in [0.4, 0.5) is 5.69 Å². The minimum absolute atomic E-state index is 0. The van der Waals surface area contributed by atoms with Crippen molar-refractivity contribution in [3.63, 3.8) is 0 Å². The normalized spacial score (nSPS) is 16.3. The maximum atomic E-state index is 13.1. The lowest BCUT2D eigenvalue weighted by Gasteiger charge is -2.19. The van der Waals surface area contributed by atoms with Gasteiger partial charge in [0, 0.05) is 23.2 Å². The van der Waals surface area contributed by atoms with E-state index < -0.39 is 6.17 Å². The Morgan fingerprint density at radius 1 is 1.15 bits per heavy atom. The van der Waals surface area contributed by atoms with Crippen LogP contribution in [-0.2, 0) is 11.8 Å². The minimum Gasteiger partial charge on any atom is -1.00 e. The highest BCUT2D eigenvalue weighted by Crippen LogP contribution is 2.32. The lowest BCUT2D eigenvalue weighted by molar-refractivity contribution is -0.671. The Balaban J connectivity index is 0.00000210. The van der Waals surface area contributed by atoms with Gasteiger partial charge in [0.1, 0.15) is 12.4 Å². The van der Waals surface area contributed by atoms with E-state index in [1.165, 1.54) is 0 Å². The highest BCUT2D eigenvalue weighted by molar-refractivity contribution is 6.32. The third kappa shape index (κ3) is 3.48. The number of imidazole rings is 1. The Morgan fingerprint density at radius 3 is 2.56 bits per heavy atom. The van der Waals surface area contributed by atoms with E-state index in [9.17, 15) is 4.79 Å². The van der Waals surface area contributed by atoms with Gasteiger partial charge in [-0.3, -0.25) is 4.79 Å². The summed E-state index contributed by atoms with van der Waals surface area (Å²) in [6.45, 7) is 0. The van der Waals surface area contributed by atoms with Crippen molar-refractivity contribution in [3.05, 3.63) is 83.4 Å². The molecule has 2 heterocycles. The number of rotatable bonds is 2. The van der Waals surface area contributed by atoms with Crippen LogP contribution in [0.5, 0.6) is 0 Å². The maximum Gasteiger partial charge on any atom is 0.295 e. The topological polar surface area (TPSA) is 41.5 Å². The molecule has 7 heteroatoms. The van der Waals surface area contributed by atoms with Crippen LogP contribution in [0.1, 0.15) is 17.3 Å². The highest BCUT2D eigenvalue weighted by atomic mass is 35.5. The third-order valence-corrected chi connectivity index (χ3v) is 4.73. The summed E-state index contributed by atoms with van der Waals surface area (Å²) in [5, 5.41) is 0.610. The Hall–Kier alpha value is -2.63. The number of aliphatic imine (C=N–C) groups is 1. The summed E-state index contributed by atoms with van der Waals surface area (Å²) < 4.78 is 3.70. The molecule has 0 saturated heterocycles. The van der Waals surface area contributed by atoms with E-state index >= 15 is 0 Å². The van der Waals surface area contributed by atoms with Crippen LogP contribution < -0.4 is 21.9 Å². The molecule has 1 aliphatic heterocycles. The number of halogens is 2. The SMILES string of the molecule is CN1C(=O)C(n2cc[n+](C)c2)N=C(c2ccccc2)c2cc(Cl)ccc21.[Cl-]. The van der Waals surface area contributed by atoms with E-state index in [0.717, 1.165) is 22.5 Å². The first-order valence-electron chi connectivity index (χ1n) is 8.28. The van der Waals surface area contributed by atoms with Crippen LogP contribution in [-0.4, -0.2) is 23.2 Å². The molecule has 2 aromatic carbocycles. The van der Waals surface area contributed by atoms with Crippen LogP contribution in [0, 0.1) is 0 Å². The Bertz CT molecular complexity index is 1010. The average Bonchev–Trinajstić information content (AvgIpc) is 3.04. The van der Waals surface area contributed by atoms with Crippen molar-refractivity contribution in [2.75, 3.05) is 11.9 Å². The van der Waals surface area contributed by atoms with Gasteiger partial charge in [-0.1, -0.05) is 41.9 Å². The van der Waals surface area contributed by atoms with Crippen LogP contribution in [0.2, 0.25) is 5.02 Å². The number of likely N-dealkylation sites (N-methyl/N-ethyl adjacent to an activating group) is 1. The molecule has 0 saturated carbocycles. The van der Waals surface area contributed by atoms with Crippen molar-refractivity contribution in [2.45, 2.75) is 6.17 Å². The second-order valence-electron chi connectivity index (χ2n) is 6.30. The molecule has 0 spiro atoms. The molecular formula is C20H18Cl2N4O. The fraction of sp³-hybridized carbons (Fsp3) is 0.150. The lowest BCUT2D eigenvalue weighted by atomic mass is 10.0. The molecule has 3 aromatic rings. The lowest BCUT2D eigenvalue weighted by Crippen LogP contribution is -3.00. The van der Waals surface area contributed by atoms with Crippen molar-refractivity contribution in [1.29, 1.82) is 0 Å². The van der Waals surface area contributed by atoms with Gasteiger partial charge < -0.3 is 17.3 Å². The standard InChI is InChI=1S/C20H18ClN4O.ClH/c1-23-10-11-25(13-23)19-20(26)24(2)17-9-8-15(21)12-16(17)18(22-19)14-6-4-3-5-7-14;/h3-13,19H,1-2H3;1H/q+1;/p-1. The zero-order chi connectivity index (χ0) is 18.3. The predicted molar refractivity (Wildman–Crippen MR) is 102 cm³/mol. The summed E-state index contributed by atoms with van der Waals surface area (Å²) >= 11 is 6.26. The summed E-state index contributed by atoms with van der Waals surface area (Å²) in [6, 6.07) is 15.4. The first-order chi connectivity index (χ1) is 12.5. The number of amides is 1. The Labute approximate surface area is 168 Å². The van der Waals surface area contributed by atoms with Gasteiger partial charge in [-0.25, -0.2) is 14.1 Å². The molecule has 0 aliphatic carbocycles. The number of hydrogen-bond acceptors (Lipinski definition) is 2. The van der Waals surface area contributed by atoms with Crippen molar-refractivity contribution >= 4 is 28.9 Å². The number of aromatic nitrogens is 2. The number of carbonyl (C=O) groups is 1. The molecular weight excluding hydrogens is 383 g/mol. The van der Waals surface area contributed by atoms with Gasteiger partial charge in [0.05, 0.1) is 18.4 Å². The second kappa shape index (κ2) is 7.55. The number of anilines is 1. The minimum atomic E-state index is -0.678. The summed E-state index contributed by atoms with van der Waals surface area (Å²) in [5.41, 5.74) is 3.34. The van der Waals surface area contributed by atoms with Crippen LogP contribution in [0.15, 0.2) is 72.2 Å². The van der Waals surface area contributed by atoms with Gasteiger partial charge in [-0.05, 0) is 18.2 Å². The van der Waals surface area contributed by atoms with Crippen molar-refractivity contribution in [2.24, 2.45) is 12.0 Å². The summed E-state index contributed by atoms with van der Waals surface area (Å²) in [6.07, 6.45) is 4.92. The monoisotopic (exact) mass is 400 g/mol. The average molecular weight is 401 g/mol. The number of fused-ring (bicyclic) bond motifs is 1. The molecule has 27 heavy (non-hydrogen) atoms. The van der Waals surface area contributed by atoms with Gasteiger partial charge in [-0.15, -0.1) is 0 Å². The molecule has 1 atom stereocenters. The molecule has 4 rings (SSSR count). The molecule has 1 aromatic heterocycles. The van der Waals surface area contributed by atoms with Crippen molar-refractivity contribution < 1.29 is 21.8 Å². The summed E-state index contributed by atoms with van der Waals surface area (Å²) in [5.74, 6) is -0.101. The Kier molecular flexibility index (Phi) is 5.35. The number of benzodiazepines with no additional fused rings is 1. The van der Waals surface area contributed by atoms with E-state index in [4.69, 9.17) is 16.6 Å². The highest BCUT2D eigenvalue weighted by Gasteiger charge is 2.34. The molecule has 0 fully saturated rings. The molecule has 0 radical (unpaired) electrons. The smallest absolute Gasteiger partial charge is 0.295 e. The number of benzene rings is 2. The number of nitrogens with zero attached hydrogens (tertiary/aromatic N) is 4. The van der Waals surface area contributed by atoms with Gasteiger partial charge in [0.15, 0.2) is 0 Å². The number of hydrogen-bond donors (Lipinski definition) is 0. The van der Waals surface area contributed by atoms with Gasteiger partial charge in [0.25, 0.3) is 12.1 Å². The molecule has 5 nitrogen and oxygen atoms in total. The van der Waals surface area contributed by atoms with E-state index in [2.05, 4.69) is 0 Å². The molecule has 1 aliphatic rings. The maximum absolute atomic E-state index is 13.1. The van der Waals surface area contributed by atoms with Crippen molar-refractivity contribution in [1.82, 2.24) is 4.57 Å². The van der Waals surface area contributed by atoms with Gasteiger partial charge >= 0.3 is 0 Å². The van der Waals surface area contributed by atoms with Crippen LogP contribution in [0.3, 0.4) is 0 Å².